The average molecular weight is 332 g/mol. The molecule has 1 heterocycles. The van der Waals surface area contributed by atoms with Crippen molar-refractivity contribution in [3.05, 3.63) is 23.8 Å². The maximum Gasteiger partial charge on any atom is 0.231 e. The Bertz CT molecular complexity index is 582. The van der Waals surface area contributed by atoms with Crippen LogP contribution in [0.3, 0.4) is 0 Å². The summed E-state index contributed by atoms with van der Waals surface area (Å²) in [6.07, 6.45) is 5.89. The molecule has 1 aromatic rings. The lowest BCUT2D eigenvalue weighted by atomic mass is 9.69. The number of amides is 1. The van der Waals surface area contributed by atoms with Gasteiger partial charge in [0.25, 0.3) is 0 Å². The quantitative estimate of drug-likeness (QED) is 0.841. The molecule has 5 nitrogen and oxygen atoms in total. The van der Waals surface area contributed by atoms with Crippen LogP contribution in [0.25, 0.3) is 0 Å². The summed E-state index contributed by atoms with van der Waals surface area (Å²) in [5, 5.41) is 6.26. The normalized spacial score (nSPS) is 19.8. The predicted molar refractivity (Wildman–Crippen MR) is 93.4 cm³/mol. The van der Waals surface area contributed by atoms with Crippen molar-refractivity contribution >= 4 is 5.91 Å². The zero-order valence-electron chi connectivity index (χ0n) is 14.7. The largest absolute Gasteiger partial charge is 0.454 e. The van der Waals surface area contributed by atoms with Gasteiger partial charge in [-0.05, 0) is 37.6 Å². The molecule has 24 heavy (non-hydrogen) atoms. The number of nitrogens with one attached hydrogen (secondary N) is 2. The molecule has 1 fully saturated rings. The molecule has 5 heteroatoms. The fourth-order valence-electron chi connectivity index (χ4n) is 3.85. The highest BCUT2D eigenvalue weighted by Gasteiger charge is 2.35. The number of hydrogen-bond donors (Lipinski definition) is 2. The Kier molecular flexibility index (Phi) is 5.29. The van der Waals surface area contributed by atoms with Gasteiger partial charge in [-0.2, -0.15) is 0 Å². The van der Waals surface area contributed by atoms with Crippen molar-refractivity contribution in [3.8, 4) is 11.5 Å². The second-order valence-corrected chi connectivity index (χ2v) is 7.09. The van der Waals surface area contributed by atoms with Crippen LogP contribution >= 0.6 is 0 Å². The fourth-order valence-corrected chi connectivity index (χ4v) is 3.85. The summed E-state index contributed by atoms with van der Waals surface area (Å²) in [5.41, 5.74) is 1.27. The topological polar surface area (TPSA) is 59.6 Å². The van der Waals surface area contributed by atoms with Gasteiger partial charge in [0.1, 0.15) is 0 Å². The molecule has 1 aromatic carbocycles. The Balaban J connectivity index is 1.76. The van der Waals surface area contributed by atoms with E-state index in [1.807, 2.05) is 20.0 Å². The molecule has 1 saturated carbocycles. The van der Waals surface area contributed by atoms with Crippen LogP contribution in [-0.4, -0.2) is 32.8 Å². The first-order chi connectivity index (χ1) is 11.6. The van der Waals surface area contributed by atoms with Gasteiger partial charge in [-0.25, -0.2) is 0 Å². The van der Waals surface area contributed by atoms with Crippen LogP contribution in [0.2, 0.25) is 0 Å². The number of fused-ring (bicyclic) bond motifs is 1. The standard InChI is InChI=1S/C19H28N2O3/c1-14(11-20-2)18(22)21-12-19(8-4-3-5-9-19)15-6-7-16-17(10-15)24-13-23-16/h6-7,10,14,20H,3-5,8-9,11-13H2,1-2H3,(H,21,22). The van der Waals surface area contributed by atoms with Gasteiger partial charge in [-0.15, -0.1) is 0 Å². The Hall–Kier alpha value is -1.75. The Morgan fingerprint density at radius 3 is 2.71 bits per heavy atom. The minimum Gasteiger partial charge on any atom is -0.454 e. The summed E-state index contributed by atoms with van der Waals surface area (Å²) in [5.74, 6) is 1.74. The molecular weight excluding hydrogens is 304 g/mol. The van der Waals surface area contributed by atoms with Crippen LogP contribution < -0.4 is 20.1 Å². The van der Waals surface area contributed by atoms with E-state index in [4.69, 9.17) is 9.47 Å². The molecule has 0 radical (unpaired) electrons. The molecular formula is C19H28N2O3. The van der Waals surface area contributed by atoms with Gasteiger partial charge < -0.3 is 20.1 Å². The van der Waals surface area contributed by atoms with Crippen LogP contribution in [0.5, 0.6) is 11.5 Å². The zero-order chi connectivity index (χ0) is 17.0. The summed E-state index contributed by atoms with van der Waals surface area (Å²) in [7, 11) is 1.87. The Labute approximate surface area is 144 Å². The maximum atomic E-state index is 12.3. The SMILES string of the molecule is CNCC(C)C(=O)NCC1(c2ccc3c(c2)OCO3)CCCCC1. The summed E-state index contributed by atoms with van der Waals surface area (Å²) < 4.78 is 11.0. The van der Waals surface area contributed by atoms with Crippen molar-refractivity contribution in [1.82, 2.24) is 10.6 Å². The van der Waals surface area contributed by atoms with Crippen LogP contribution in [-0.2, 0) is 10.2 Å². The van der Waals surface area contributed by atoms with E-state index in [1.165, 1.54) is 24.8 Å². The van der Waals surface area contributed by atoms with E-state index in [2.05, 4.69) is 22.8 Å². The minimum absolute atomic E-state index is 0.00819. The molecule has 0 spiro atoms. The number of rotatable bonds is 6. The lowest BCUT2D eigenvalue weighted by Crippen LogP contribution is -2.44. The molecule has 1 unspecified atom stereocenters. The third kappa shape index (κ3) is 3.51. The van der Waals surface area contributed by atoms with Gasteiger partial charge in [0.05, 0.1) is 0 Å². The third-order valence-corrected chi connectivity index (χ3v) is 5.35. The number of carbonyl (C=O) groups excluding carboxylic acids is 1. The van der Waals surface area contributed by atoms with Gasteiger partial charge in [-0.1, -0.05) is 32.3 Å². The highest BCUT2D eigenvalue weighted by molar-refractivity contribution is 5.78. The first kappa shape index (κ1) is 17.1. The molecule has 1 amide bonds. The number of ether oxygens (including phenoxy) is 2. The summed E-state index contributed by atoms with van der Waals surface area (Å²) in [6, 6.07) is 6.25. The zero-order valence-corrected chi connectivity index (χ0v) is 14.7. The Morgan fingerprint density at radius 2 is 1.96 bits per heavy atom. The van der Waals surface area contributed by atoms with E-state index in [1.54, 1.807) is 0 Å². The molecule has 1 atom stereocenters. The van der Waals surface area contributed by atoms with E-state index >= 15 is 0 Å². The molecule has 2 aliphatic rings. The highest BCUT2D eigenvalue weighted by Crippen LogP contribution is 2.43. The summed E-state index contributed by atoms with van der Waals surface area (Å²) in [6.45, 7) is 3.65. The average Bonchev–Trinajstić information content (AvgIpc) is 3.08. The van der Waals surface area contributed by atoms with E-state index in [0.717, 1.165) is 24.3 Å². The van der Waals surface area contributed by atoms with Crippen molar-refractivity contribution in [1.29, 1.82) is 0 Å². The molecule has 0 aromatic heterocycles. The van der Waals surface area contributed by atoms with Crippen LogP contribution in [0.15, 0.2) is 18.2 Å². The van der Waals surface area contributed by atoms with E-state index < -0.39 is 0 Å². The summed E-state index contributed by atoms with van der Waals surface area (Å²) >= 11 is 0. The highest BCUT2D eigenvalue weighted by atomic mass is 16.7. The van der Waals surface area contributed by atoms with Crippen molar-refractivity contribution < 1.29 is 14.3 Å². The molecule has 2 N–H and O–H groups in total. The van der Waals surface area contributed by atoms with Gasteiger partial charge in [0.15, 0.2) is 11.5 Å². The second-order valence-electron chi connectivity index (χ2n) is 7.09. The van der Waals surface area contributed by atoms with Crippen LogP contribution in [0.4, 0.5) is 0 Å². The molecule has 132 valence electrons. The molecule has 3 rings (SSSR count). The minimum atomic E-state index is -0.0209. The van der Waals surface area contributed by atoms with Crippen molar-refractivity contribution in [2.75, 3.05) is 26.9 Å². The van der Waals surface area contributed by atoms with Crippen LogP contribution in [0, 0.1) is 5.92 Å². The van der Waals surface area contributed by atoms with Gasteiger partial charge >= 0.3 is 0 Å². The van der Waals surface area contributed by atoms with E-state index in [0.29, 0.717) is 19.9 Å². The van der Waals surface area contributed by atoms with Gasteiger partial charge in [0.2, 0.25) is 12.7 Å². The monoisotopic (exact) mass is 332 g/mol. The second kappa shape index (κ2) is 7.43. The van der Waals surface area contributed by atoms with Crippen molar-refractivity contribution in [2.45, 2.75) is 44.4 Å². The first-order valence-corrected chi connectivity index (χ1v) is 8.97. The molecule has 0 saturated heterocycles. The number of benzene rings is 1. The van der Waals surface area contributed by atoms with Crippen LogP contribution in [0.1, 0.15) is 44.6 Å². The van der Waals surface area contributed by atoms with Crippen molar-refractivity contribution in [2.24, 2.45) is 5.92 Å². The van der Waals surface area contributed by atoms with Gasteiger partial charge in [-0.3, -0.25) is 4.79 Å². The first-order valence-electron chi connectivity index (χ1n) is 8.97. The van der Waals surface area contributed by atoms with Gasteiger partial charge in [0, 0.05) is 24.4 Å². The lowest BCUT2D eigenvalue weighted by Gasteiger charge is -2.38. The number of carbonyl (C=O) groups is 1. The third-order valence-electron chi connectivity index (χ3n) is 5.35. The number of hydrogen-bond acceptors (Lipinski definition) is 4. The van der Waals surface area contributed by atoms with E-state index in [-0.39, 0.29) is 17.2 Å². The predicted octanol–water partition coefficient (Wildman–Crippen LogP) is 2.59. The van der Waals surface area contributed by atoms with Crippen molar-refractivity contribution in [3.63, 3.8) is 0 Å². The fraction of sp³-hybridized carbons (Fsp3) is 0.632. The molecule has 1 aliphatic heterocycles. The molecule has 1 aliphatic carbocycles. The smallest absolute Gasteiger partial charge is 0.231 e. The van der Waals surface area contributed by atoms with E-state index in [9.17, 15) is 4.79 Å². The molecule has 0 bridgehead atoms. The maximum absolute atomic E-state index is 12.3. The lowest BCUT2D eigenvalue weighted by molar-refractivity contribution is -0.124. The Morgan fingerprint density at radius 1 is 1.21 bits per heavy atom. The summed E-state index contributed by atoms with van der Waals surface area (Å²) in [4.78, 5) is 12.3.